The third-order valence-electron chi connectivity index (χ3n) is 6.87. The largest absolute Gasteiger partial charge is 0.497 e. The van der Waals surface area contributed by atoms with Crippen LogP contribution in [0.15, 0.2) is 79.0 Å². The lowest BCUT2D eigenvalue weighted by atomic mass is 9.96. The van der Waals surface area contributed by atoms with Crippen molar-refractivity contribution in [3.63, 3.8) is 0 Å². The number of methoxy groups -OCH3 is 1. The molecule has 3 heterocycles. The van der Waals surface area contributed by atoms with Gasteiger partial charge in [-0.15, -0.1) is 0 Å². The Balaban J connectivity index is 1.62. The highest BCUT2D eigenvalue weighted by atomic mass is 32.1. The number of para-hydroxylation sites is 1. The molecule has 0 bridgehead atoms. The van der Waals surface area contributed by atoms with Crippen LogP contribution in [0, 0.1) is 13.8 Å². The van der Waals surface area contributed by atoms with Crippen LogP contribution in [-0.4, -0.2) is 37.7 Å². The summed E-state index contributed by atoms with van der Waals surface area (Å²) in [6, 6.07) is 22.7. The monoisotopic (exact) mass is 512 g/mol. The van der Waals surface area contributed by atoms with Gasteiger partial charge in [-0.1, -0.05) is 30.3 Å². The van der Waals surface area contributed by atoms with E-state index in [9.17, 15) is 9.90 Å². The van der Waals surface area contributed by atoms with Crippen LogP contribution in [0.5, 0.6) is 5.75 Å². The number of carboxylic acid groups (broad SMARTS) is 1. The minimum Gasteiger partial charge on any atom is -0.497 e. The number of ether oxygens (including phenoxy) is 1. The summed E-state index contributed by atoms with van der Waals surface area (Å²) in [6.07, 6.45) is 1.79. The first-order valence-electron chi connectivity index (χ1n) is 12.0. The van der Waals surface area contributed by atoms with Crippen LogP contribution in [0.3, 0.4) is 0 Å². The number of carbonyl (C=O) groups is 1. The fourth-order valence-corrected chi connectivity index (χ4v) is 5.45. The molecule has 2 aromatic heterocycles. The minimum atomic E-state index is -0.958. The Morgan fingerprint density at radius 3 is 2.49 bits per heavy atom. The molecule has 0 saturated carbocycles. The molecule has 0 unspecified atom stereocenters. The summed E-state index contributed by atoms with van der Waals surface area (Å²) >= 11 is 5.85. The molecule has 0 amide bonds. The number of hydrogen-bond acceptors (Lipinski definition) is 4. The number of thiocarbonyl (C=S) groups is 1. The van der Waals surface area contributed by atoms with Gasteiger partial charge in [0.15, 0.2) is 5.11 Å². The molecular weight excluding hydrogens is 484 g/mol. The maximum absolute atomic E-state index is 12.0. The van der Waals surface area contributed by atoms with Crippen molar-refractivity contribution in [2.75, 3.05) is 7.11 Å². The second-order valence-corrected chi connectivity index (χ2v) is 9.47. The van der Waals surface area contributed by atoms with Crippen LogP contribution in [0.1, 0.15) is 50.7 Å². The van der Waals surface area contributed by atoms with Crippen molar-refractivity contribution in [1.82, 2.24) is 19.8 Å². The van der Waals surface area contributed by atoms with Gasteiger partial charge in [-0.25, -0.2) is 4.79 Å². The van der Waals surface area contributed by atoms with Crippen molar-refractivity contribution in [1.29, 1.82) is 0 Å². The summed E-state index contributed by atoms with van der Waals surface area (Å²) in [4.78, 5) is 18.8. The molecule has 5 rings (SSSR count). The number of nitrogens with zero attached hydrogens (tertiary/aromatic N) is 3. The predicted molar refractivity (Wildman–Crippen MR) is 146 cm³/mol. The molecule has 8 heteroatoms. The maximum Gasteiger partial charge on any atom is 0.337 e. The van der Waals surface area contributed by atoms with Gasteiger partial charge in [-0.3, -0.25) is 4.98 Å². The maximum atomic E-state index is 12.0. The molecule has 188 valence electrons. The molecule has 2 aromatic carbocycles. The van der Waals surface area contributed by atoms with E-state index < -0.39 is 5.97 Å². The van der Waals surface area contributed by atoms with Crippen LogP contribution >= 0.6 is 12.2 Å². The summed E-state index contributed by atoms with van der Waals surface area (Å²) in [7, 11) is 1.65. The molecule has 37 heavy (non-hydrogen) atoms. The van der Waals surface area contributed by atoms with Gasteiger partial charge in [-0.05, 0) is 79.7 Å². The first-order chi connectivity index (χ1) is 17.9. The molecule has 0 aliphatic carbocycles. The van der Waals surface area contributed by atoms with Gasteiger partial charge in [0, 0.05) is 24.1 Å². The second-order valence-electron chi connectivity index (χ2n) is 9.09. The Morgan fingerprint density at radius 1 is 1.08 bits per heavy atom. The van der Waals surface area contributed by atoms with Crippen molar-refractivity contribution < 1.29 is 14.6 Å². The number of benzene rings is 2. The van der Waals surface area contributed by atoms with Gasteiger partial charge < -0.3 is 24.6 Å². The number of aromatic carboxylic acids is 1. The average molecular weight is 513 g/mol. The van der Waals surface area contributed by atoms with E-state index in [0.717, 1.165) is 34.0 Å². The van der Waals surface area contributed by atoms with Crippen LogP contribution in [-0.2, 0) is 6.54 Å². The second kappa shape index (κ2) is 10.1. The third kappa shape index (κ3) is 4.56. The van der Waals surface area contributed by atoms with Gasteiger partial charge in [0.25, 0.3) is 0 Å². The molecule has 1 aliphatic rings. The highest BCUT2D eigenvalue weighted by molar-refractivity contribution is 7.80. The molecule has 1 fully saturated rings. The number of carboxylic acids is 1. The minimum absolute atomic E-state index is 0.151. The number of aryl methyl sites for hydroxylation is 1. The van der Waals surface area contributed by atoms with E-state index >= 15 is 0 Å². The van der Waals surface area contributed by atoms with Crippen LogP contribution < -0.4 is 10.1 Å². The van der Waals surface area contributed by atoms with Crippen molar-refractivity contribution in [3.8, 4) is 11.4 Å². The van der Waals surface area contributed by atoms with Crippen LogP contribution in [0.2, 0.25) is 0 Å². The van der Waals surface area contributed by atoms with Gasteiger partial charge in [0.1, 0.15) is 5.75 Å². The van der Waals surface area contributed by atoms with E-state index in [2.05, 4.69) is 21.3 Å². The lowest BCUT2D eigenvalue weighted by molar-refractivity contribution is 0.0697. The number of aromatic nitrogens is 2. The first-order valence-corrected chi connectivity index (χ1v) is 12.4. The smallest absolute Gasteiger partial charge is 0.337 e. The number of rotatable bonds is 7. The number of hydrogen-bond donors (Lipinski definition) is 2. The van der Waals surface area contributed by atoms with Gasteiger partial charge >= 0.3 is 5.97 Å². The lowest BCUT2D eigenvalue weighted by Gasteiger charge is -2.28. The van der Waals surface area contributed by atoms with E-state index in [1.165, 1.54) is 0 Å². The van der Waals surface area contributed by atoms with E-state index in [4.69, 9.17) is 17.0 Å². The van der Waals surface area contributed by atoms with E-state index in [0.29, 0.717) is 17.3 Å². The van der Waals surface area contributed by atoms with Crippen molar-refractivity contribution in [2.45, 2.75) is 32.5 Å². The normalized spacial score (nSPS) is 17.1. The molecule has 1 aliphatic heterocycles. The third-order valence-corrected chi connectivity index (χ3v) is 7.23. The summed E-state index contributed by atoms with van der Waals surface area (Å²) in [5.74, 6) is -0.157. The molecular formula is C29H28N4O3S. The molecule has 0 radical (unpaired) electrons. The molecule has 1 saturated heterocycles. The summed E-state index contributed by atoms with van der Waals surface area (Å²) in [5, 5.41) is 14.0. The lowest BCUT2D eigenvalue weighted by Crippen LogP contribution is -2.29. The van der Waals surface area contributed by atoms with E-state index in [-0.39, 0.29) is 17.6 Å². The molecule has 2 N–H and O–H groups in total. The fraction of sp³-hybridized carbons (Fsp3) is 0.207. The molecule has 2 atom stereocenters. The average Bonchev–Trinajstić information content (AvgIpc) is 3.39. The molecule has 7 nitrogen and oxygen atoms in total. The quantitative estimate of drug-likeness (QED) is 0.322. The molecule has 4 aromatic rings. The zero-order chi connectivity index (χ0) is 26.1. The first kappa shape index (κ1) is 24.5. The molecule has 0 spiro atoms. The Morgan fingerprint density at radius 2 is 1.81 bits per heavy atom. The van der Waals surface area contributed by atoms with Crippen molar-refractivity contribution in [2.24, 2.45) is 0 Å². The number of pyridine rings is 1. The van der Waals surface area contributed by atoms with Crippen molar-refractivity contribution in [3.05, 3.63) is 113 Å². The van der Waals surface area contributed by atoms with Gasteiger partial charge in [-0.2, -0.15) is 0 Å². The van der Waals surface area contributed by atoms with Gasteiger partial charge in [0.05, 0.1) is 36.1 Å². The topological polar surface area (TPSA) is 79.6 Å². The summed E-state index contributed by atoms with van der Waals surface area (Å²) in [5.41, 5.74) is 5.86. The van der Waals surface area contributed by atoms with E-state index in [1.807, 2.05) is 73.0 Å². The Hall–Kier alpha value is -4.17. The van der Waals surface area contributed by atoms with Crippen LogP contribution in [0.25, 0.3) is 5.69 Å². The SMILES string of the molecule is COc1ccc(CN2C(=S)N[C@@H](c3ccccn3)[C@@H]2c2cc(C)n(-c3ccccc3C(=O)O)c2C)cc1. The van der Waals surface area contributed by atoms with Crippen molar-refractivity contribution >= 4 is 23.3 Å². The summed E-state index contributed by atoms with van der Waals surface area (Å²) < 4.78 is 7.34. The number of nitrogens with one attached hydrogen (secondary N) is 1. The fourth-order valence-electron chi connectivity index (χ4n) is 5.15. The zero-order valence-corrected chi connectivity index (χ0v) is 21.7. The van der Waals surface area contributed by atoms with E-state index in [1.54, 1.807) is 25.4 Å². The highest BCUT2D eigenvalue weighted by Crippen LogP contribution is 2.42. The Bertz CT molecular complexity index is 1450. The Labute approximate surface area is 221 Å². The Kier molecular flexibility index (Phi) is 6.67. The summed E-state index contributed by atoms with van der Waals surface area (Å²) in [6.45, 7) is 4.63. The standard InChI is InChI=1S/C29H28N4O3S/c1-18-16-23(19(2)33(18)25-10-5-4-8-22(25)28(34)35)27-26(24-9-6-7-15-30-24)31-29(37)32(27)17-20-11-13-21(36-3)14-12-20/h4-16,26-27H,17H2,1-3H3,(H,31,37)(H,34,35)/t26-,27-/m0/s1. The zero-order valence-electron chi connectivity index (χ0n) is 20.9. The van der Waals surface area contributed by atoms with Crippen LogP contribution in [0.4, 0.5) is 0 Å². The highest BCUT2D eigenvalue weighted by Gasteiger charge is 2.41. The predicted octanol–water partition coefficient (Wildman–Crippen LogP) is 5.37. The van der Waals surface area contributed by atoms with Gasteiger partial charge in [0.2, 0.25) is 0 Å².